The normalized spacial score (nSPS) is 14.8. The van der Waals surface area contributed by atoms with Gasteiger partial charge in [0, 0.05) is 36.6 Å². The van der Waals surface area contributed by atoms with E-state index in [1.807, 2.05) is 47.3 Å². The third-order valence-corrected chi connectivity index (χ3v) is 7.92. The SMILES string of the molecule is Cc1cc2cc([C@@H](c3nnnn3C3CCCC3)N(Cc3ccccc3)Cc3cccnc3)c(=O)[nH]c2cc1C. The number of aromatic nitrogens is 6. The minimum atomic E-state index is -0.462. The Kier molecular flexibility index (Phi) is 7.02. The first kappa shape index (κ1) is 25.1. The molecule has 8 nitrogen and oxygen atoms in total. The van der Waals surface area contributed by atoms with Crippen LogP contribution in [-0.4, -0.2) is 35.1 Å². The molecule has 2 aromatic carbocycles. The first-order valence-electron chi connectivity index (χ1n) is 13.7. The van der Waals surface area contributed by atoms with Crippen molar-refractivity contribution in [1.82, 2.24) is 35.1 Å². The molecule has 0 aliphatic heterocycles. The van der Waals surface area contributed by atoms with Crippen molar-refractivity contribution >= 4 is 10.9 Å². The highest BCUT2D eigenvalue weighted by atomic mass is 16.1. The molecular formula is C31H33N7O. The summed E-state index contributed by atoms with van der Waals surface area (Å²) < 4.78 is 1.98. The molecule has 3 aromatic heterocycles. The third kappa shape index (κ3) is 5.25. The van der Waals surface area contributed by atoms with Crippen LogP contribution in [0.2, 0.25) is 0 Å². The van der Waals surface area contributed by atoms with E-state index < -0.39 is 6.04 Å². The summed E-state index contributed by atoms with van der Waals surface area (Å²) in [6.45, 7) is 5.36. The topological polar surface area (TPSA) is 92.6 Å². The minimum absolute atomic E-state index is 0.124. The second-order valence-electron chi connectivity index (χ2n) is 10.7. The highest BCUT2D eigenvalue weighted by Gasteiger charge is 2.33. The highest BCUT2D eigenvalue weighted by molar-refractivity contribution is 5.81. The molecule has 0 unspecified atom stereocenters. The first-order valence-corrected chi connectivity index (χ1v) is 13.7. The van der Waals surface area contributed by atoms with Gasteiger partial charge in [-0.25, -0.2) is 4.68 Å². The summed E-state index contributed by atoms with van der Waals surface area (Å²) in [5.74, 6) is 0.704. The van der Waals surface area contributed by atoms with Crippen LogP contribution in [0.4, 0.5) is 0 Å². The third-order valence-electron chi connectivity index (χ3n) is 7.92. The van der Waals surface area contributed by atoms with Gasteiger partial charge in [0.15, 0.2) is 5.82 Å². The summed E-state index contributed by atoms with van der Waals surface area (Å²) in [6.07, 6.45) is 8.06. The molecule has 39 heavy (non-hydrogen) atoms. The first-order chi connectivity index (χ1) is 19.1. The van der Waals surface area contributed by atoms with Crippen molar-refractivity contribution in [2.45, 2.75) is 64.7 Å². The lowest BCUT2D eigenvalue weighted by molar-refractivity contribution is 0.190. The largest absolute Gasteiger partial charge is 0.322 e. The fourth-order valence-corrected chi connectivity index (χ4v) is 5.77. The Morgan fingerprint density at radius 3 is 2.49 bits per heavy atom. The zero-order valence-electron chi connectivity index (χ0n) is 22.4. The Balaban J connectivity index is 1.54. The van der Waals surface area contributed by atoms with Crippen LogP contribution in [0.15, 0.2) is 77.9 Å². The van der Waals surface area contributed by atoms with E-state index in [1.54, 1.807) is 6.20 Å². The summed E-state index contributed by atoms with van der Waals surface area (Å²) in [4.78, 5) is 23.7. The average Bonchev–Trinajstić information content (AvgIpc) is 3.64. The molecule has 1 saturated carbocycles. The fourth-order valence-electron chi connectivity index (χ4n) is 5.77. The second-order valence-corrected chi connectivity index (χ2v) is 10.7. The van der Waals surface area contributed by atoms with E-state index in [-0.39, 0.29) is 11.6 Å². The monoisotopic (exact) mass is 519 g/mol. The number of pyridine rings is 2. The number of hydrogen-bond acceptors (Lipinski definition) is 6. The van der Waals surface area contributed by atoms with Gasteiger partial charge in [-0.3, -0.25) is 14.7 Å². The Hall–Kier alpha value is -4.17. The standard InChI is InChI=1S/C31H33N7O/c1-21-15-25-17-27(31(39)33-28(25)16-22(21)2)29(30-34-35-36-38(30)26-12-6-7-13-26)37(19-23-9-4-3-5-10-23)20-24-11-8-14-32-18-24/h3-5,8-11,14-18,26,29H,6-7,12-13,19-20H2,1-2H3,(H,33,39)/t29-/m0/s1. The Morgan fingerprint density at radius 2 is 1.72 bits per heavy atom. The molecule has 1 N–H and O–H groups in total. The maximum Gasteiger partial charge on any atom is 0.253 e. The molecule has 6 rings (SSSR count). The molecule has 5 aromatic rings. The Bertz CT molecular complexity index is 1580. The maximum atomic E-state index is 13.8. The molecule has 1 aliphatic rings. The van der Waals surface area contributed by atoms with Gasteiger partial charge in [-0.1, -0.05) is 49.2 Å². The van der Waals surface area contributed by atoms with Gasteiger partial charge in [-0.05, 0) is 89.0 Å². The molecule has 1 aliphatic carbocycles. The van der Waals surface area contributed by atoms with Gasteiger partial charge in [0.05, 0.1) is 6.04 Å². The van der Waals surface area contributed by atoms with Crippen molar-refractivity contribution in [2.75, 3.05) is 0 Å². The van der Waals surface area contributed by atoms with E-state index in [9.17, 15) is 4.79 Å². The number of H-pyrrole nitrogens is 1. The summed E-state index contributed by atoms with van der Waals surface area (Å²) in [5, 5.41) is 14.2. The van der Waals surface area contributed by atoms with E-state index in [0.29, 0.717) is 24.5 Å². The molecule has 0 amide bonds. The summed E-state index contributed by atoms with van der Waals surface area (Å²) >= 11 is 0. The van der Waals surface area contributed by atoms with Crippen LogP contribution in [-0.2, 0) is 13.1 Å². The van der Waals surface area contributed by atoms with Gasteiger partial charge < -0.3 is 4.98 Å². The fraction of sp³-hybridized carbons (Fsp3) is 0.323. The van der Waals surface area contributed by atoms with E-state index >= 15 is 0 Å². The number of tetrazole rings is 1. The number of rotatable bonds is 8. The van der Waals surface area contributed by atoms with Crippen LogP contribution in [0.25, 0.3) is 10.9 Å². The van der Waals surface area contributed by atoms with Crippen LogP contribution >= 0.6 is 0 Å². The van der Waals surface area contributed by atoms with Crippen molar-refractivity contribution in [3.05, 3.63) is 117 Å². The predicted molar refractivity (Wildman–Crippen MR) is 151 cm³/mol. The van der Waals surface area contributed by atoms with Gasteiger partial charge in [0.2, 0.25) is 0 Å². The highest BCUT2D eigenvalue weighted by Crippen LogP contribution is 2.35. The van der Waals surface area contributed by atoms with E-state index in [1.165, 1.54) is 5.56 Å². The summed E-state index contributed by atoms with van der Waals surface area (Å²) in [7, 11) is 0. The van der Waals surface area contributed by atoms with Gasteiger partial charge in [-0.2, -0.15) is 0 Å². The molecule has 0 saturated heterocycles. The van der Waals surface area contributed by atoms with Crippen molar-refractivity contribution in [2.24, 2.45) is 0 Å². The molecule has 8 heteroatoms. The number of nitrogens with one attached hydrogen (secondary N) is 1. The average molecular weight is 520 g/mol. The predicted octanol–water partition coefficient (Wildman–Crippen LogP) is 5.43. The Morgan fingerprint density at radius 1 is 0.974 bits per heavy atom. The smallest absolute Gasteiger partial charge is 0.253 e. The number of aromatic amines is 1. The van der Waals surface area contributed by atoms with Gasteiger partial charge in [0.25, 0.3) is 5.56 Å². The summed E-state index contributed by atoms with van der Waals surface area (Å²) in [6, 6.07) is 20.3. The lowest BCUT2D eigenvalue weighted by Gasteiger charge is -2.32. The van der Waals surface area contributed by atoms with E-state index in [2.05, 4.69) is 68.5 Å². The lowest BCUT2D eigenvalue weighted by Crippen LogP contribution is -2.35. The molecule has 0 spiro atoms. The van der Waals surface area contributed by atoms with Crippen molar-refractivity contribution < 1.29 is 0 Å². The number of aryl methyl sites for hydroxylation is 2. The van der Waals surface area contributed by atoms with Crippen molar-refractivity contribution in [3.63, 3.8) is 0 Å². The molecular weight excluding hydrogens is 486 g/mol. The van der Waals surface area contributed by atoms with E-state index in [4.69, 9.17) is 0 Å². The molecule has 0 radical (unpaired) electrons. The van der Waals surface area contributed by atoms with Gasteiger partial charge in [0.1, 0.15) is 6.04 Å². The van der Waals surface area contributed by atoms with Crippen LogP contribution in [0.3, 0.4) is 0 Å². The van der Waals surface area contributed by atoms with Crippen LogP contribution in [0, 0.1) is 13.8 Å². The van der Waals surface area contributed by atoms with Gasteiger partial charge in [-0.15, -0.1) is 5.10 Å². The number of nitrogens with zero attached hydrogens (tertiary/aromatic N) is 6. The van der Waals surface area contributed by atoms with Crippen LogP contribution < -0.4 is 5.56 Å². The quantitative estimate of drug-likeness (QED) is 0.294. The second kappa shape index (κ2) is 10.9. The lowest BCUT2D eigenvalue weighted by atomic mass is 9.99. The molecule has 1 atom stereocenters. The molecule has 3 heterocycles. The van der Waals surface area contributed by atoms with Gasteiger partial charge >= 0.3 is 0 Å². The molecule has 1 fully saturated rings. The minimum Gasteiger partial charge on any atom is -0.322 e. The van der Waals surface area contributed by atoms with Crippen LogP contribution in [0.1, 0.15) is 71.4 Å². The number of fused-ring (bicyclic) bond motifs is 1. The van der Waals surface area contributed by atoms with Crippen molar-refractivity contribution in [3.8, 4) is 0 Å². The summed E-state index contributed by atoms with van der Waals surface area (Å²) in [5.41, 5.74) is 5.89. The molecule has 0 bridgehead atoms. The zero-order valence-corrected chi connectivity index (χ0v) is 22.4. The zero-order chi connectivity index (χ0) is 26.8. The number of hydrogen-bond donors (Lipinski definition) is 1. The maximum absolute atomic E-state index is 13.8. The molecule has 198 valence electrons. The van der Waals surface area contributed by atoms with Crippen molar-refractivity contribution in [1.29, 1.82) is 0 Å². The van der Waals surface area contributed by atoms with E-state index in [0.717, 1.165) is 53.3 Å². The Labute approximate surface area is 227 Å². The van der Waals surface area contributed by atoms with Crippen LogP contribution in [0.5, 0.6) is 0 Å². The number of benzene rings is 2.